The summed E-state index contributed by atoms with van der Waals surface area (Å²) in [4.78, 5) is 0. The standard InChI is InChI=1S/C10H22Cl2Si/c1-3-5-6-7-8-10-13(11,12)9-4-2/h3-10H2,1-2H3. The van der Waals surface area contributed by atoms with E-state index >= 15 is 0 Å². The van der Waals surface area contributed by atoms with Crippen LogP contribution >= 0.6 is 22.2 Å². The average Bonchev–Trinajstić information content (AvgIpc) is 2.04. The second kappa shape index (κ2) is 8.13. The quantitative estimate of drug-likeness (QED) is 0.308. The molecule has 0 amide bonds. The zero-order valence-corrected chi connectivity index (χ0v) is 11.4. The van der Waals surface area contributed by atoms with Gasteiger partial charge in [0, 0.05) is 0 Å². The maximum absolute atomic E-state index is 6.25. The molecule has 0 spiro atoms. The van der Waals surface area contributed by atoms with E-state index in [4.69, 9.17) is 22.2 Å². The second-order valence-electron chi connectivity index (χ2n) is 3.77. The number of hydrogen-bond acceptors (Lipinski definition) is 0. The zero-order chi connectivity index (χ0) is 10.2. The van der Waals surface area contributed by atoms with Crippen LogP contribution in [0.25, 0.3) is 0 Å². The molecule has 0 rings (SSSR count). The van der Waals surface area contributed by atoms with E-state index in [1.807, 2.05) is 0 Å². The molecule has 3 heteroatoms. The van der Waals surface area contributed by atoms with Crippen molar-refractivity contribution in [3.05, 3.63) is 0 Å². The van der Waals surface area contributed by atoms with Crippen LogP contribution in [0.15, 0.2) is 0 Å². The Kier molecular flexibility index (Phi) is 8.63. The molecule has 0 heterocycles. The fraction of sp³-hybridized carbons (Fsp3) is 1.00. The van der Waals surface area contributed by atoms with Crippen LogP contribution in [0, 0.1) is 0 Å². The van der Waals surface area contributed by atoms with Gasteiger partial charge >= 0.3 is 0 Å². The van der Waals surface area contributed by atoms with Gasteiger partial charge in [0.15, 0.2) is 0 Å². The predicted octanol–water partition coefficient (Wildman–Crippen LogP) is 5.29. The van der Waals surface area contributed by atoms with Crippen molar-refractivity contribution in [2.45, 2.75) is 64.5 Å². The maximum Gasteiger partial charge on any atom is 0.251 e. The summed E-state index contributed by atoms with van der Waals surface area (Å²) in [5, 5.41) is 0. The molecule has 0 radical (unpaired) electrons. The monoisotopic (exact) mass is 240 g/mol. The summed E-state index contributed by atoms with van der Waals surface area (Å²) in [5.41, 5.74) is 0. The van der Waals surface area contributed by atoms with Crippen LogP contribution in [-0.2, 0) is 0 Å². The van der Waals surface area contributed by atoms with E-state index < -0.39 is 6.69 Å². The summed E-state index contributed by atoms with van der Waals surface area (Å²) in [5.74, 6) is 0. The molecule has 0 unspecified atom stereocenters. The van der Waals surface area contributed by atoms with Crippen LogP contribution in [0.1, 0.15) is 52.4 Å². The van der Waals surface area contributed by atoms with Crippen LogP contribution in [-0.4, -0.2) is 6.69 Å². The molecule has 13 heavy (non-hydrogen) atoms. The summed E-state index contributed by atoms with van der Waals surface area (Å²) < 4.78 is 0. The highest BCUT2D eigenvalue weighted by molar-refractivity contribution is 7.45. The van der Waals surface area contributed by atoms with Crippen molar-refractivity contribution >= 4 is 28.9 Å². The zero-order valence-electron chi connectivity index (χ0n) is 8.91. The lowest BCUT2D eigenvalue weighted by Gasteiger charge is -2.14. The van der Waals surface area contributed by atoms with E-state index in [2.05, 4.69) is 13.8 Å². The SMILES string of the molecule is CCCCCCC[Si](Cl)(Cl)CCC. The Hall–Kier alpha value is 0.797. The fourth-order valence-electron chi connectivity index (χ4n) is 1.48. The highest BCUT2D eigenvalue weighted by Crippen LogP contribution is 2.29. The highest BCUT2D eigenvalue weighted by Gasteiger charge is 2.25. The molecule has 0 fully saturated rings. The van der Waals surface area contributed by atoms with Gasteiger partial charge in [-0.2, -0.15) is 0 Å². The summed E-state index contributed by atoms with van der Waals surface area (Å²) in [6.07, 6.45) is 7.69. The van der Waals surface area contributed by atoms with Crippen LogP contribution in [0.2, 0.25) is 12.1 Å². The topological polar surface area (TPSA) is 0 Å². The van der Waals surface area contributed by atoms with E-state index in [-0.39, 0.29) is 0 Å². The Balaban J connectivity index is 3.29. The van der Waals surface area contributed by atoms with Gasteiger partial charge in [-0.05, 0) is 12.1 Å². The number of unbranched alkanes of at least 4 members (excludes halogenated alkanes) is 4. The Bertz CT molecular complexity index is 115. The highest BCUT2D eigenvalue weighted by atomic mass is 35.7. The van der Waals surface area contributed by atoms with Gasteiger partial charge in [0.05, 0.1) is 0 Å². The third-order valence-corrected chi connectivity index (χ3v) is 6.85. The van der Waals surface area contributed by atoms with Gasteiger partial charge in [-0.15, -0.1) is 22.2 Å². The van der Waals surface area contributed by atoms with Crippen molar-refractivity contribution in [3.63, 3.8) is 0 Å². The van der Waals surface area contributed by atoms with Gasteiger partial charge < -0.3 is 0 Å². The first-order chi connectivity index (χ1) is 6.12. The number of halogens is 2. The minimum absolute atomic E-state index is 1.06. The lowest BCUT2D eigenvalue weighted by atomic mass is 10.2. The van der Waals surface area contributed by atoms with E-state index in [0.29, 0.717) is 0 Å². The van der Waals surface area contributed by atoms with Crippen LogP contribution < -0.4 is 0 Å². The molecule has 0 aromatic carbocycles. The molecule has 0 saturated carbocycles. The van der Waals surface area contributed by atoms with Gasteiger partial charge in [0.2, 0.25) is 0 Å². The van der Waals surface area contributed by atoms with Crippen molar-refractivity contribution < 1.29 is 0 Å². The van der Waals surface area contributed by atoms with Gasteiger partial charge in [0.25, 0.3) is 6.69 Å². The van der Waals surface area contributed by atoms with Crippen LogP contribution in [0.4, 0.5) is 0 Å². The molecule has 0 bridgehead atoms. The molecule has 0 aromatic heterocycles. The Labute approximate surface area is 93.4 Å². The van der Waals surface area contributed by atoms with E-state index in [9.17, 15) is 0 Å². The Morgan fingerprint density at radius 3 is 1.92 bits per heavy atom. The molecule has 0 aliphatic heterocycles. The van der Waals surface area contributed by atoms with Crippen molar-refractivity contribution in [1.29, 1.82) is 0 Å². The third kappa shape index (κ3) is 9.11. The largest absolute Gasteiger partial charge is 0.251 e. The molecule has 0 N–H and O–H groups in total. The second-order valence-corrected chi connectivity index (χ2v) is 11.4. The van der Waals surface area contributed by atoms with E-state index in [1.54, 1.807) is 0 Å². The first kappa shape index (κ1) is 13.8. The Morgan fingerprint density at radius 2 is 1.38 bits per heavy atom. The summed E-state index contributed by atoms with van der Waals surface area (Å²) in [6.45, 7) is 2.57. The number of hydrogen-bond donors (Lipinski definition) is 0. The van der Waals surface area contributed by atoms with Crippen LogP contribution in [0.3, 0.4) is 0 Å². The van der Waals surface area contributed by atoms with Crippen molar-refractivity contribution in [2.75, 3.05) is 0 Å². The molecule has 0 aliphatic rings. The molecule has 0 aliphatic carbocycles. The van der Waals surface area contributed by atoms with Gasteiger partial charge in [0.1, 0.15) is 0 Å². The Morgan fingerprint density at radius 1 is 0.769 bits per heavy atom. The average molecular weight is 241 g/mol. The third-order valence-electron chi connectivity index (χ3n) is 2.26. The molecule has 0 saturated heterocycles. The molecular formula is C10H22Cl2Si. The van der Waals surface area contributed by atoms with Gasteiger partial charge in [-0.1, -0.05) is 52.4 Å². The molecule has 0 nitrogen and oxygen atoms in total. The minimum Gasteiger partial charge on any atom is -0.146 e. The van der Waals surface area contributed by atoms with Gasteiger partial charge in [-0.3, -0.25) is 0 Å². The molecular weight excluding hydrogens is 219 g/mol. The van der Waals surface area contributed by atoms with Crippen molar-refractivity contribution in [3.8, 4) is 0 Å². The normalized spacial score (nSPS) is 12.0. The summed E-state index contributed by atoms with van der Waals surface area (Å²) in [7, 11) is 0. The lowest BCUT2D eigenvalue weighted by Crippen LogP contribution is -2.17. The van der Waals surface area contributed by atoms with E-state index in [0.717, 1.165) is 18.5 Å². The first-order valence-corrected chi connectivity index (χ1v) is 9.94. The lowest BCUT2D eigenvalue weighted by molar-refractivity contribution is 0.654. The molecule has 80 valence electrons. The van der Waals surface area contributed by atoms with Crippen molar-refractivity contribution in [1.82, 2.24) is 0 Å². The summed E-state index contributed by atoms with van der Waals surface area (Å²) >= 11 is 12.5. The smallest absolute Gasteiger partial charge is 0.146 e. The maximum atomic E-state index is 6.25. The predicted molar refractivity (Wildman–Crippen MR) is 66.1 cm³/mol. The van der Waals surface area contributed by atoms with Crippen molar-refractivity contribution in [2.24, 2.45) is 0 Å². The number of rotatable bonds is 8. The minimum atomic E-state index is -1.82. The van der Waals surface area contributed by atoms with Gasteiger partial charge in [-0.25, -0.2) is 0 Å². The molecule has 0 aromatic rings. The van der Waals surface area contributed by atoms with Crippen LogP contribution in [0.5, 0.6) is 0 Å². The fourth-order valence-corrected chi connectivity index (χ4v) is 5.16. The molecule has 0 atom stereocenters. The van der Waals surface area contributed by atoms with E-state index in [1.165, 1.54) is 32.1 Å². The first-order valence-electron chi connectivity index (χ1n) is 5.50. The summed E-state index contributed by atoms with van der Waals surface area (Å²) in [6, 6.07) is 2.15.